The first-order valence-corrected chi connectivity index (χ1v) is 9.00. The molecule has 1 N–H and O–H groups in total. The van der Waals surface area contributed by atoms with Crippen molar-refractivity contribution >= 4 is 44.9 Å². The summed E-state index contributed by atoms with van der Waals surface area (Å²) in [6.07, 6.45) is 0. The van der Waals surface area contributed by atoms with Crippen LogP contribution in [0.2, 0.25) is 0 Å². The van der Waals surface area contributed by atoms with E-state index in [1.54, 1.807) is 25.4 Å². The fourth-order valence-corrected chi connectivity index (χ4v) is 3.82. The SMILES string of the molecule is CC(Sc1nc2sccc2c(=O)n1C)C(=O)Nc1c(F)cccc1F. The van der Waals surface area contributed by atoms with Crippen LogP contribution in [0.1, 0.15) is 6.92 Å². The summed E-state index contributed by atoms with van der Waals surface area (Å²) >= 11 is 2.37. The van der Waals surface area contributed by atoms with Crippen molar-refractivity contribution in [1.82, 2.24) is 9.55 Å². The molecular weight excluding hydrogens is 368 g/mol. The van der Waals surface area contributed by atoms with Crippen molar-refractivity contribution in [1.29, 1.82) is 0 Å². The molecule has 3 rings (SSSR count). The maximum atomic E-state index is 13.6. The van der Waals surface area contributed by atoms with Crippen LogP contribution in [0.25, 0.3) is 10.2 Å². The molecule has 3 aromatic rings. The number of carbonyl (C=O) groups excluding carboxylic acids is 1. The average Bonchev–Trinajstić information content (AvgIpc) is 3.04. The highest BCUT2D eigenvalue weighted by molar-refractivity contribution is 8.00. The first-order valence-electron chi connectivity index (χ1n) is 7.24. The fraction of sp³-hybridized carbons (Fsp3) is 0.188. The van der Waals surface area contributed by atoms with E-state index in [-0.39, 0.29) is 5.56 Å². The Morgan fingerprint density at radius 1 is 1.32 bits per heavy atom. The third kappa shape index (κ3) is 3.42. The topological polar surface area (TPSA) is 64.0 Å². The molecule has 0 spiro atoms. The predicted molar refractivity (Wildman–Crippen MR) is 95.2 cm³/mol. The number of nitrogens with zero attached hydrogens (tertiary/aromatic N) is 2. The number of hydrogen-bond donors (Lipinski definition) is 1. The zero-order valence-electron chi connectivity index (χ0n) is 13.2. The minimum Gasteiger partial charge on any atom is -0.320 e. The summed E-state index contributed by atoms with van der Waals surface area (Å²) < 4.78 is 28.6. The summed E-state index contributed by atoms with van der Waals surface area (Å²) in [5.74, 6) is -2.29. The second kappa shape index (κ2) is 6.93. The van der Waals surface area contributed by atoms with E-state index in [0.717, 1.165) is 23.9 Å². The number of fused-ring (bicyclic) bond motifs is 1. The second-order valence-electron chi connectivity index (χ2n) is 5.24. The summed E-state index contributed by atoms with van der Waals surface area (Å²) in [5, 5.41) is 4.17. The zero-order valence-corrected chi connectivity index (χ0v) is 14.9. The van der Waals surface area contributed by atoms with Gasteiger partial charge in [-0.3, -0.25) is 14.2 Å². The monoisotopic (exact) mass is 381 g/mol. The maximum Gasteiger partial charge on any atom is 0.262 e. The third-order valence-corrected chi connectivity index (χ3v) is 5.48. The van der Waals surface area contributed by atoms with Gasteiger partial charge in [0.1, 0.15) is 22.2 Å². The number of anilines is 1. The number of benzene rings is 1. The highest BCUT2D eigenvalue weighted by Gasteiger charge is 2.21. The highest BCUT2D eigenvalue weighted by Crippen LogP contribution is 2.25. The van der Waals surface area contributed by atoms with Gasteiger partial charge in [0, 0.05) is 7.05 Å². The van der Waals surface area contributed by atoms with E-state index < -0.39 is 28.5 Å². The Kier molecular flexibility index (Phi) is 4.87. The molecule has 25 heavy (non-hydrogen) atoms. The van der Waals surface area contributed by atoms with Crippen LogP contribution < -0.4 is 10.9 Å². The number of amides is 1. The van der Waals surface area contributed by atoms with Crippen molar-refractivity contribution in [2.24, 2.45) is 7.05 Å². The van der Waals surface area contributed by atoms with Gasteiger partial charge in [-0.2, -0.15) is 0 Å². The molecule has 0 saturated carbocycles. The fourth-order valence-electron chi connectivity index (χ4n) is 2.14. The van der Waals surface area contributed by atoms with Gasteiger partial charge in [0.2, 0.25) is 5.91 Å². The van der Waals surface area contributed by atoms with Crippen LogP contribution in [0.5, 0.6) is 0 Å². The maximum absolute atomic E-state index is 13.6. The molecule has 2 heterocycles. The zero-order chi connectivity index (χ0) is 18.1. The number of thioether (sulfide) groups is 1. The average molecular weight is 381 g/mol. The highest BCUT2D eigenvalue weighted by atomic mass is 32.2. The molecule has 5 nitrogen and oxygen atoms in total. The van der Waals surface area contributed by atoms with Gasteiger partial charge < -0.3 is 5.32 Å². The van der Waals surface area contributed by atoms with Crippen molar-refractivity contribution in [3.05, 3.63) is 51.6 Å². The van der Waals surface area contributed by atoms with Crippen molar-refractivity contribution in [2.45, 2.75) is 17.3 Å². The van der Waals surface area contributed by atoms with Gasteiger partial charge in [0.15, 0.2) is 5.16 Å². The van der Waals surface area contributed by atoms with Crippen molar-refractivity contribution in [3.8, 4) is 0 Å². The molecule has 2 aromatic heterocycles. The quantitative estimate of drug-likeness (QED) is 0.556. The lowest BCUT2D eigenvalue weighted by atomic mass is 10.3. The number of hydrogen-bond acceptors (Lipinski definition) is 5. The van der Waals surface area contributed by atoms with E-state index in [1.807, 2.05) is 0 Å². The van der Waals surface area contributed by atoms with Crippen LogP contribution in [0.15, 0.2) is 39.6 Å². The summed E-state index contributed by atoms with van der Waals surface area (Å²) in [6.45, 7) is 1.57. The predicted octanol–water partition coefficient (Wildman–Crippen LogP) is 3.39. The number of nitrogens with one attached hydrogen (secondary N) is 1. The summed E-state index contributed by atoms with van der Waals surface area (Å²) in [6, 6.07) is 5.04. The number of halogens is 2. The van der Waals surface area contributed by atoms with E-state index in [2.05, 4.69) is 10.3 Å². The molecule has 130 valence electrons. The summed E-state index contributed by atoms with van der Waals surface area (Å²) in [7, 11) is 1.57. The van der Waals surface area contributed by atoms with Crippen LogP contribution in [-0.4, -0.2) is 20.7 Å². The molecule has 1 unspecified atom stereocenters. The smallest absolute Gasteiger partial charge is 0.262 e. The van der Waals surface area contributed by atoms with Crippen molar-refractivity contribution in [3.63, 3.8) is 0 Å². The molecule has 0 radical (unpaired) electrons. The Bertz CT molecular complexity index is 996. The Morgan fingerprint density at radius 3 is 2.68 bits per heavy atom. The molecule has 0 aliphatic carbocycles. The Balaban J connectivity index is 1.82. The van der Waals surface area contributed by atoms with E-state index in [1.165, 1.54) is 22.0 Å². The van der Waals surface area contributed by atoms with Gasteiger partial charge in [-0.15, -0.1) is 11.3 Å². The van der Waals surface area contributed by atoms with Crippen LogP contribution >= 0.6 is 23.1 Å². The lowest BCUT2D eigenvalue weighted by Crippen LogP contribution is -2.26. The first-order chi connectivity index (χ1) is 11.9. The van der Waals surface area contributed by atoms with Crippen molar-refractivity contribution in [2.75, 3.05) is 5.32 Å². The Labute approximate surface area is 149 Å². The second-order valence-corrected chi connectivity index (χ2v) is 7.45. The largest absolute Gasteiger partial charge is 0.320 e. The summed E-state index contributed by atoms with van der Waals surface area (Å²) in [4.78, 5) is 29.5. The van der Waals surface area contributed by atoms with Gasteiger partial charge in [0.25, 0.3) is 5.56 Å². The molecule has 1 amide bonds. The standard InChI is InChI=1S/C16H13F2N3O2S2/c1-8(13(22)19-12-10(17)4-3-5-11(12)18)25-16-20-14-9(6-7-24-14)15(23)21(16)2/h3-8H,1-2H3,(H,19,22). The number of para-hydroxylation sites is 1. The van der Waals surface area contributed by atoms with E-state index in [0.29, 0.717) is 15.4 Å². The van der Waals surface area contributed by atoms with Gasteiger partial charge in [-0.05, 0) is 30.5 Å². The lowest BCUT2D eigenvalue weighted by Gasteiger charge is -2.14. The van der Waals surface area contributed by atoms with E-state index in [9.17, 15) is 18.4 Å². The molecule has 0 aliphatic rings. The lowest BCUT2D eigenvalue weighted by molar-refractivity contribution is -0.115. The molecular formula is C16H13F2N3O2S2. The number of thiophene rings is 1. The van der Waals surface area contributed by atoms with Gasteiger partial charge in [-0.25, -0.2) is 13.8 Å². The minimum atomic E-state index is -0.851. The number of rotatable bonds is 4. The number of aromatic nitrogens is 2. The third-order valence-electron chi connectivity index (χ3n) is 3.53. The minimum absolute atomic E-state index is 0.207. The first kappa shape index (κ1) is 17.6. The van der Waals surface area contributed by atoms with Gasteiger partial charge in [-0.1, -0.05) is 17.8 Å². The number of carbonyl (C=O) groups is 1. The van der Waals surface area contributed by atoms with Crippen molar-refractivity contribution < 1.29 is 13.6 Å². The molecule has 0 saturated heterocycles. The Hall–Kier alpha value is -2.26. The molecule has 9 heteroatoms. The van der Waals surface area contributed by atoms with Crippen LogP contribution in [0, 0.1) is 11.6 Å². The molecule has 1 atom stereocenters. The van der Waals surface area contributed by atoms with Crippen LogP contribution in [0.3, 0.4) is 0 Å². The van der Waals surface area contributed by atoms with E-state index >= 15 is 0 Å². The van der Waals surface area contributed by atoms with E-state index in [4.69, 9.17) is 0 Å². The molecule has 0 bridgehead atoms. The van der Waals surface area contributed by atoms with Gasteiger partial charge in [0.05, 0.1) is 10.6 Å². The molecule has 0 aliphatic heterocycles. The normalized spacial score (nSPS) is 12.3. The Morgan fingerprint density at radius 2 is 2.00 bits per heavy atom. The molecule has 1 aromatic carbocycles. The van der Waals surface area contributed by atoms with Crippen LogP contribution in [-0.2, 0) is 11.8 Å². The summed E-state index contributed by atoms with van der Waals surface area (Å²) in [5.41, 5.74) is -0.697. The van der Waals surface area contributed by atoms with Crippen LogP contribution in [0.4, 0.5) is 14.5 Å². The van der Waals surface area contributed by atoms with Gasteiger partial charge >= 0.3 is 0 Å². The molecule has 0 fully saturated rings.